The zero-order valence-corrected chi connectivity index (χ0v) is 18.8. The van der Waals surface area contributed by atoms with E-state index in [2.05, 4.69) is 20.0 Å². The van der Waals surface area contributed by atoms with Crippen molar-refractivity contribution in [2.45, 2.75) is 28.5 Å². The Bertz CT molecular complexity index is 1270. The van der Waals surface area contributed by atoms with E-state index in [1.807, 2.05) is 24.3 Å². The van der Waals surface area contributed by atoms with E-state index < -0.39 is 22.2 Å². The molecule has 3 aliphatic rings. The predicted octanol–water partition coefficient (Wildman–Crippen LogP) is 1.86. The van der Waals surface area contributed by atoms with Crippen LogP contribution in [0.15, 0.2) is 52.2 Å². The molecule has 4 atom stereocenters. The van der Waals surface area contributed by atoms with E-state index in [0.29, 0.717) is 24.1 Å². The molecule has 0 saturated carbocycles. The number of thiophene rings is 1. The molecule has 0 radical (unpaired) electrons. The first kappa shape index (κ1) is 20.8. The van der Waals surface area contributed by atoms with Crippen LogP contribution in [0.2, 0.25) is 0 Å². The summed E-state index contributed by atoms with van der Waals surface area (Å²) in [6.45, 7) is 0.796. The number of aromatic nitrogens is 2. The van der Waals surface area contributed by atoms with Gasteiger partial charge in [0.2, 0.25) is 22.8 Å². The molecule has 5 heterocycles. The van der Waals surface area contributed by atoms with Crippen LogP contribution in [0.5, 0.6) is 11.5 Å². The second-order valence-electron chi connectivity index (χ2n) is 7.84. The highest BCUT2D eigenvalue weighted by Gasteiger charge is 2.49. The van der Waals surface area contributed by atoms with Crippen molar-refractivity contribution in [3.8, 4) is 22.8 Å². The zero-order chi connectivity index (χ0) is 22.4. The lowest BCUT2D eigenvalue weighted by atomic mass is 10.1. The van der Waals surface area contributed by atoms with Gasteiger partial charge in [0.1, 0.15) is 16.4 Å². The molecule has 3 aromatic rings. The molecule has 172 valence electrons. The molecule has 0 aliphatic carbocycles. The highest BCUT2D eigenvalue weighted by atomic mass is 32.2. The third-order valence-corrected chi connectivity index (χ3v) is 8.65. The second kappa shape index (κ2) is 8.22. The largest absolute Gasteiger partial charge is 0.454 e. The first-order valence-corrected chi connectivity index (χ1v) is 12.7. The maximum absolute atomic E-state index is 12.6. The minimum Gasteiger partial charge on any atom is -0.454 e. The Morgan fingerprint density at radius 2 is 1.82 bits per heavy atom. The van der Waals surface area contributed by atoms with Crippen LogP contribution in [0.3, 0.4) is 0 Å². The number of anilines is 1. The van der Waals surface area contributed by atoms with Crippen molar-refractivity contribution >= 4 is 27.3 Å². The third kappa shape index (κ3) is 3.93. The zero-order valence-electron chi connectivity index (χ0n) is 17.2. The molecule has 2 N–H and O–H groups in total. The van der Waals surface area contributed by atoms with Crippen LogP contribution in [0.1, 0.15) is 0 Å². The van der Waals surface area contributed by atoms with Crippen LogP contribution < -0.4 is 19.5 Å². The average molecular weight is 489 g/mol. The molecule has 12 heteroatoms. The lowest BCUT2D eigenvalue weighted by molar-refractivity contribution is 0.0690. The van der Waals surface area contributed by atoms with Crippen LogP contribution in [-0.4, -0.2) is 62.7 Å². The summed E-state index contributed by atoms with van der Waals surface area (Å²) in [7, 11) is -3.61. The van der Waals surface area contributed by atoms with Crippen molar-refractivity contribution in [1.82, 2.24) is 14.7 Å². The SMILES string of the molecule is O=S(=O)(N[C@H]1CO[C@H]2[C@@H]1OC[C@@H]2Nc1nccc(-c2ccc3c(c2)OCO3)n1)c1cccs1. The van der Waals surface area contributed by atoms with Crippen molar-refractivity contribution in [3.63, 3.8) is 0 Å². The fourth-order valence-electron chi connectivity index (χ4n) is 4.21. The van der Waals surface area contributed by atoms with E-state index in [9.17, 15) is 8.42 Å². The van der Waals surface area contributed by atoms with E-state index in [-0.39, 0.29) is 29.8 Å². The highest BCUT2D eigenvalue weighted by Crippen LogP contribution is 2.36. The van der Waals surface area contributed by atoms with Gasteiger partial charge in [0.25, 0.3) is 0 Å². The number of nitrogens with zero attached hydrogens (tertiary/aromatic N) is 2. The Hall–Kier alpha value is -2.77. The fraction of sp³-hybridized carbons (Fsp3) is 0.333. The Balaban J connectivity index is 1.15. The Morgan fingerprint density at radius 1 is 1.00 bits per heavy atom. The van der Waals surface area contributed by atoms with E-state index in [1.165, 1.54) is 11.3 Å². The maximum Gasteiger partial charge on any atom is 0.250 e. The molecular formula is C21H20N4O6S2. The van der Waals surface area contributed by atoms with Gasteiger partial charge >= 0.3 is 0 Å². The quantitative estimate of drug-likeness (QED) is 0.535. The molecule has 0 spiro atoms. The van der Waals surface area contributed by atoms with Gasteiger partial charge in [-0.15, -0.1) is 11.3 Å². The van der Waals surface area contributed by atoms with E-state index in [4.69, 9.17) is 18.9 Å². The van der Waals surface area contributed by atoms with Crippen LogP contribution in [0, 0.1) is 0 Å². The molecule has 0 unspecified atom stereocenters. The Labute approximate surface area is 193 Å². The smallest absolute Gasteiger partial charge is 0.250 e. The number of nitrogens with one attached hydrogen (secondary N) is 2. The number of hydrogen-bond acceptors (Lipinski definition) is 10. The fourth-order valence-corrected chi connectivity index (χ4v) is 6.45. The summed E-state index contributed by atoms with van der Waals surface area (Å²) < 4.78 is 50.8. The molecule has 10 nitrogen and oxygen atoms in total. The average Bonchev–Trinajstić information content (AvgIpc) is 3.60. The molecular weight excluding hydrogens is 468 g/mol. The van der Waals surface area contributed by atoms with Crippen molar-refractivity contribution < 1.29 is 27.4 Å². The summed E-state index contributed by atoms with van der Waals surface area (Å²) in [6.07, 6.45) is 0.962. The predicted molar refractivity (Wildman–Crippen MR) is 119 cm³/mol. The Kier molecular flexibility index (Phi) is 5.18. The summed E-state index contributed by atoms with van der Waals surface area (Å²) in [5.74, 6) is 1.83. The summed E-state index contributed by atoms with van der Waals surface area (Å²) in [5, 5.41) is 5.01. The second-order valence-corrected chi connectivity index (χ2v) is 10.7. The minimum atomic E-state index is -3.61. The van der Waals surface area contributed by atoms with Gasteiger partial charge in [-0.1, -0.05) is 6.07 Å². The van der Waals surface area contributed by atoms with Gasteiger partial charge in [0.15, 0.2) is 11.5 Å². The summed E-state index contributed by atoms with van der Waals surface area (Å²) in [5.41, 5.74) is 1.61. The first-order chi connectivity index (χ1) is 16.1. The van der Waals surface area contributed by atoms with E-state index in [1.54, 1.807) is 23.7 Å². The standard InChI is InChI=1S/C21H20N4O6S2/c26-33(27,18-2-1-7-32-18)25-15-10-29-19-14(9-28-20(15)19)24-21-22-6-5-13(23-21)12-3-4-16-17(8-12)31-11-30-16/h1-8,14-15,19-20,25H,9-11H2,(H,22,23,24)/t14-,15-,19+,20+/m0/s1. The van der Waals surface area contributed by atoms with Gasteiger partial charge in [-0.05, 0) is 35.7 Å². The lowest BCUT2D eigenvalue weighted by Gasteiger charge is -2.18. The van der Waals surface area contributed by atoms with Gasteiger partial charge < -0.3 is 24.3 Å². The van der Waals surface area contributed by atoms with E-state index >= 15 is 0 Å². The van der Waals surface area contributed by atoms with Crippen molar-refractivity contribution in [3.05, 3.63) is 48.0 Å². The third-order valence-electron chi connectivity index (χ3n) is 5.76. The molecule has 2 fully saturated rings. The molecule has 2 saturated heterocycles. The van der Waals surface area contributed by atoms with Crippen molar-refractivity contribution in [2.75, 3.05) is 25.3 Å². The lowest BCUT2D eigenvalue weighted by Crippen LogP contribution is -2.44. The number of hydrogen-bond donors (Lipinski definition) is 2. The van der Waals surface area contributed by atoms with Crippen LogP contribution in [0.25, 0.3) is 11.3 Å². The molecule has 0 bridgehead atoms. The van der Waals surface area contributed by atoms with Crippen LogP contribution >= 0.6 is 11.3 Å². The van der Waals surface area contributed by atoms with Crippen LogP contribution in [0.4, 0.5) is 5.95 Å². The van der Waals surface area contributed by atoms with Crippen LogP contribution in [-0.2, 0) is 19.5 Å². The molecule has 33 heavy (non-hydrogen) atoms. The summed E-state index contributed by atoms with van der Waals surface area (Å²) in [4.78, 5) is 8.95. The van der Waals surface area contributed by atoms with Crippen molar-refractivity contribution in [2.24, 2.45) is 0 Å². The summed E-state index contributed by atoms with van der Waals surface area (Å²) in [6, 6.07) is 10.1. The number of fused-ring (bicyclic) bond motifs is 2. The van der Waals surface area contributed by atoms with Gasteiger partial charge in [-0.3, -0.25) is 0 Å². The minimum absolute atomic E-state index is 0.210. The molecule has 2 aromatic heterocycles. The van der Waals surface area contributed by atoms with Gasteiger partial charge in [0.05, 0.1) is 31.0 Å². The normalized spacial score (nSPS) is 25.8. The van der Waals surface area contributed by atoms with Gasteiger partial charge in [-0.25, -0.2) is 23.1 Å². The monoisotopic (exact) mass is 488 g/mol. The van der Waals surface area contributed by atoms with Gasteiger partial charge in [-0.2, -0.15) is 0 Å². The highest BCUT2D eigenvalue weighted by molar-refractivity contribution is 7.91. The van der Waals surface area contributed by atoms with Crippen molar-refractivity contribution in [1.29, 1.82) is 0 Å². The topological polar surface area (TPSA) is 121 Å². The number of sulfonamides is 1. The first-order valence-electron chi connectivity index (χ1n) is 10.4. The molecule has 6 rings (SSSR count). The van der Waals surface area contributed by atoms with E-state index in [0.717, 1.165) is 11.3 Å². The summed E-state index contributed by atoms with van der Waals surface area (Å²) >= 11 is 1.17. The molecule has 3 aliphatic heterocycles. The van der Waals surface area contributed by atoms with Gasteiger partial charge in [0, 0.05) is 11.8 Å². The number of ether oxygens (including phenoxy) is 4. The number of benzene rings is 1. The number of rotatable bonds is 6. The Morgan fingerprint density at radius 3 is 2.67 bits per heavy atom. The molecule has 0 amide bonds. The maximum atomic E-state index is 12.6. The molecule has 1 aromatic carbocycles.